The highest BCUT2D eigenvalue weighted by atomic mass is 32.2. The van der Waals surface area contributed by atoms with Crippen molar-refractivity contribution in [3.63, 3.8) is 0 Å². The highest BCUT2D eigenvalue weighted by Gasteiger charge is 2.53. The fraction of sp³-hybridized carbons (Fsp3) is 0.481. The van der Waals surface area contributed by atoms with Crippen LogP contribution in [0.25, 0.3) is 0 Å². The van der Waals surface area contributed by atoms with Crippen LogP contribution in [0.1, 0.15) is 49.3 Å². The summed E-state index contributed by atoms with van der Waals surface area (Å²) >= 11 is 0. The van der Waals surface area contributed by atoms with Gasteiger partial charge in [-0.25, -0.2) is 8.42 Å². The monoisotopic (exact) mass is 578 g/mol. The minimum Gasteiger partial charge on any atom is -0.497 e. The Labute approximate surface area is 229 Å². The van der Waals surface area contributed by atoms with E-state index in [0.29, 0.717) is 48.3 Å². The first-order valence-electron chi connectivity index (χ1n) is 13.0. The number of alkyl halides is 2. The van der Waals surface area contributed by atoms with Gasteiger partial charge in [-0.05, 0) is 55.5 Å². The van der Waals surface area contributed by atoms with E-state index in [2.05, 4.69) is 20.1 Å². The molecule has 6 rings (SSSR count). The van der Waals surface area contributed by atoms with E-state index in [1.54, 1.807) is 24.3 Å². The summed E-state index contributed by atoms with van der Waals surface area (Å²) < 4.78 is 71.0. The van der Waals surface area contributed by atoms with Crippen molar-refractivity contribution in [1.29, 1.82) is 0 Å². The van der Waals surface area contributed by atoms with Crippen molar-refractivity contribution in [1.82, 2.24) is 10.6 Å². The molecule has 13 heteroatoms. The largest absolute Gasteiger partial charge is 0.586 e. The average molecular weight is 579 g/mol. The van der Waals surface area contributed by atoms with Crippen molar-refractivity contribution < 1.29 is 45.7 Å². The Morgan fingerprint density at radius 1 is 0.975 bits per heavy atom. The third kappa shape index (κ3) is 5.02. The number of methoxy groups -OCH3 is 1. The molecule has 2 amide bonds. The van der Waals surface area contributed by atoms with Crippen LogP contribution >= 0.6 is 0 Å². The molecule has 3 heterocycles. The van der Waals surface area contributed by atoms with E-state index in [9.17, 15) is 26.8 Å². The van der Waals surface area contributed by atoms with Crippen LogP contribution in [0.2, 0.25) is 0 Å². The van der Waals surface area contributed by atoms with E-state index in [0.717, 1.165) is 0 Å². The number of halogens is 2. The Hall–Kier alpha value is -3.61. The molecule has 2 N–H and O–H groups in total. The quantitative estimate of drug-likeness (QED) is 0.536. The summed E-state index contributed by atoms with van der Waals surface area (Å²) in [4.78, 5) is 26.9. The van der Waals surface area contributed by atoms with Gasteiger partial charge in [0.05, 0.1) is 30.1 Å². The lowest BCUT2D eigenvalue weighted by Crippen LogP contribution is -2.49. The number of hydrogen-bond donors (Lipinski definition) is 2. The normalized spacial score (nSPS) is 25.2. The number of benzene rings is 2. The van der Waals surface area contributed by atoms with Crippen molar-refractivity contribution in [2.75, 3.05) is 18.6 Å². The van der Waals surface area contributed by atoms with Crippen LogP contribution in [0.3, 0.4) is 0 Å². The fourth-order valence-electron chi connectivity index (χ4n) is 5.51. The molecule has 2 aromatic carbocycles. The summed E-state index contributed by atoms with van der Waals surface area (Å²) in [6, 6.07) is 8.63. The molecule has 0 aromatic heterocycles. The molecule has 1 saturated heterocycles. The van der Waals surface area contributed by atoms with Crippen molar-refractivity contribution in [2.24, 2.45) is 0 Å². The van der Waals surface area contributed by atoms with Gasteiger partial charge in [-0.2, -0.15) is 0 Å². The van der Waals surface area contributed by atoms with Gasteiger partial charge < -0.3 is 29.6 Å². The predicted octanol–water partition coefficient (Wildman–Crippen LogP) is 2.75. The second kappa shape index (κ2) is 9.50. The number of hydrogen-bond acceptors (Lipinski definition) is 8. The van der Waals surface area contributed by atoms with Crippen molar-refractivity contribution in [3.8, 4) is 23.0 Å². The zero-order valence-corrected chi connectivity index (χ0v) is 22.4. The van der Waals surface area contributed by atoms with Crippen LogP contribution in [0.4, 0.5) is 8.78 Å². The Morgan fingerprint density at radius 3 is 2.40 bits per heavy atom. The highest BCUT2D eigenvalue weighted by Crippen LogP contribution is 2.52. The number of carbonyl (C=O) groups is 2. The first-order chi connectivity index (χ1) is 19.0. The first-order valence-corrected chi connectivity index (χ1v) is 14.9. The molecule has 1 aliphatic carbocycles. The Balaban J connectivity index is 1.21. The molecular weight excluding hydrogens is 550 g/mol. The molecule has 0 radical (unpaired) electrons. The molecule has 0 bridgehead atoms. The number of fused-ring (bicyclic) bond motifs is 2. The van der Waals surface area contributed by atoms with Crippen molar-refractivity contribution in [2.45, 2.75) is 62.0 Å². The smallest absolute Gasteiger partial charge is 0.497 e. The van der Waals surface area contributed by atoms with Gasteiger partial charge in [-0.1, -0.05) is 6.07 Å². The minimum atomic E-state index is -3.76. The lowest BCUT2D eigenvalue weighted by atomic mass is 9.91. The molecule has 0 spiro atoms. The maximum absolute atomic E-state index is 13.7. The average Bonchev–Trinajstić information content (AvgIpc) is 3.66. The standard InChI is InChI=1S/C27H28F2N2O8S/c1-36-17-3-4-18-19(14-23(37-21(18)13-17)24(32)30-16-6-10-40(34,35)11-7-16)31-25(33)26(8-9-26)15-2-5-20-22(12-15)39-27(28,29)38-20/h2-5,12-13,16,19,23H,6-11,14H2,1H3,(H,30,32)(H,31,33)/t19-,23-/m1/s1. The summed E-state index contributed by atoms with van der Waals surface area (Å²) in [5, 5.41) is 5.96. The number of rotatable bonds is 6. The molecule has 3 aliphatic heterocycles. The number of sulfone groups is 1. The third-order valence-electron chi connectivity index (χ3n) is 7.95. The number of nitrogens with one attached hydrogen (secondary N) is 2. The van der Waals surface area contributed by atoms with E-state index in [4.69, 9.17) is 9.47 Å². The molecular formula is C27H28F2N2O8S. The highest BCUT2D eigenvalue weighted by molar-refractivity contribution is 7.91. The van der Waals surface area contributed by atoms with Gasteiger partial charge in [-0.15, -0.1) is 8.78 Å². The zero-order valence-electron chi connectivity index (χ0n) is 21.6. The van der Waals surface area contributed by atoms with E-state index in [1.165, 1.54) is 19.2 Å². The summed E-state index contributed by atoms with van der Waals surface area (Å²) in [5.74, 6) is 0.0108. The van der Waals surface area contributed by atoms with Gasteiger partial charge in [0, 0.05) is 24.1 Å². The van der Waals surface area contributed by atoms with Crippen LogP contribution in [-0.2, 0) is 24.8 Å². The van der Waals surface area contributed by atoms with Crippen molar-refractivity contribution in [3.05, 3.63) is 47.5 Å². The molecule has 1 saturated carbocycles. The molecule has 10 nitrogen and oxygen atoms in total. The predicted molar refractivity (Wildman–Crippen MR) is 136 cm³/mol. The Kier molecular flexibility index (Phi) is 6.32. The number of ether oxygens (including phenoxy) is 4. The molecule has 2 fully saturated rings. The first kappa shape index (κ1) is 26.6. The van der Waals surface area contributed by atoms with Crippen LogP contribution in [-0.4, -0.2) is 57.3 Å². The second-order valence-electron chi connectivity index (χ2n) is 10.6. The van der Waals surface area contributed by atoms with Gasteiger partial charge in [0.25, 0.3) is 5.91 Å². The molecule has 214 valence electrons. The molecule has 0 unspecified atom stereocenters. The minimum absolute atomic E-state index is 0.0156. The summed E-state index contributed by atoms with van der Waals surface area (Å²) in [6.45, 7) is 0. The summed E-state index contributed by atoms with van der Waals surface area (Å²) in [7, 11) is -1.58. The second-order valence-corrected chi connectivity index (χ2v) is 12.9. The van der Waals surface area contributed by atoms with Crippen LogP contribution in [0, 0.1) is 0 Å². The van der Waals surface area contributed by atoms with Gasteiger partial charge in [-0.3, -0.25) is 9.59 Å². The van der Waals surface area contributed by atoms with E-state index in [1.807, 2.05) is 0 Å². The Bertz CT molecular complexity index is 1460. The van der Waals surface area contributed by atoms with Crippen LogP contribution < -0.4 is 29.6 Å². The molecule has 2 aromatic rings. The molecule has 4 aliphatic rings. The molecule has 2 atom stereocenters. The van der Waals surface area contributed by atoms with E-state index < -0.39 is 39.6 Å². The van der Waals surface area contributed by atoms with Gasteiger partial charge >= 0.3 is 6.29 Å². The lowest BCUT2D eigenvalue weighted by Gasteiger charge is -2.34. The summed E-state index contributed by atoms with van der Waals surface area (Å²) in [5.41, 5.74) is 0.281. The van der Waals surface area contributed by atoms with Gasteiger partial charge in [0.15, 0.2) is 17.6 Å². The maximum Gasteiger partial charge on any atom is 0.586 e. The number of amides is 2. The lowest BCUT2D eigenvalue weighted by molar-refractivity contribution is -0.286. The van der Waals surface area contributed by atoms with Crippen LogP contribution in [0.5, 0.6) is 23.0 Å². The maximum atomic E-state index is 13.7. The zero-order chi connectivity index (χ0) is 28.3. The summed E-state index contributed by atoms with van der Waals surface area (Å²) in [6.07, 6.45) is -2.86. The van der Waals surface area contributed by atoms with Crippen LogP contribution in [0.15, 0.2) is 36.4 Å². The van der Waals surface area contributed by atoms with Gasteiger partial charge in [0.2, 0.25) is 5.91 Å². The Morgan fingerprint density at radius 2 is 1.70 bits per heavy atom. The molecule has 40 heavy (non-hydrogen) atoms. The van der Waals surface area contributed by atoms with Gasteiger partial charge in [0.1, 0.15) is 21.3 Å². The number of carbonyl (C=O) groups excluding carboxylic acids is 2. The SMILES string of the molecule is COc1ccc2c(c1)O[C@@H](C(=O)NC1CCS(=O)(=O)CC1)C[C@H]2NC(=O)C1(c2ccc3c(c2)OC(F)(F)O3)CC1. The van der Waals surface area contributed by atoms with E-state index in [-0.39, 0.29) is 41.4 Å². The topological polar surface area (TPSA) is 129 Å². The van der Waals surface area contributed by atoms with Crippen molar-refractivity contribution >= 4 is 21.7 Å². The fourth-order valence-corrected chi connectivity index (χ4v) is 7.01. The third-order valence-corrected chi connectivity index (χ3v) is 9.67. The van der Waals surface area contributed by atoms with E-state index >= 15 is 0 Å².